The maximum atomic E-state index is 10.5. The fourth-order valence-electron chi connectivity index (χ4n) is 3.94. The van der Waals surface area contributed by atoms with E-state index in [0.717, 1.165) is 47.6 Å². The van der Waals surface area contributed by atoms with Crippen molar-refractivity contribution in [2.24, 2.45) is 5.92 Å². The number of para-hydroxylation sites is 3. The summed E-state index contributed by atoms with van der Waals surface area (Å²) in [5.41, 5.74) is 2.05. The fraction of sp³-hybridized carbons (Fsp3) is 0.375. The van der Waals surface area contributed by atoms with Gasteiger partial charge in [0.2, 0.25) is 0 Å². The number of fused-ring (bicyclic) bond motifs is 1. The molecule has 5 nitrogen and oxygen atoms in total. The molecule has 29 heavy (non-hydrogen) atoms. The molecule has 0 spiro atoms. The number of hydrogen-bond acceptors (Lipinski definition) is 5. The monoisotopic (exact) mass is 392 g/mol. The molecule has 0 amide bonds. The van der Waals surface area contributed by atoms with Gasteiger partial charge in [0.15, 0.2) is 11.5 Å². The minimum atomic E-state index is -0.334. The number of aliphatic hydroxyl groups is 1. The summed E-state index contributed by atoms with van der Waals surface area (Å²) in [5.74, 6) is 1.74. The number of ether oxygens (including phenoxy) is 2. The highest BCUT2D eigenvalue weighted by molar-refractivity contribution is 5.78. The lowest BCUT2D eigenvalue weighted by molar-refractivity contribution is 0.139. The van der Waals surface area contributed by atoms with Gasteiger partial charge in [0.05, 0.1) is 18.2 Å². The number of aliphatic hydroxyl groups excluding tert-OH is 1. The first-order valence-corrected chi connectivity index (χ1v) is 10.3. The van der Waals surface area contributed by atoms with E-state index < -0.39 is 0 Å². The molecule has 1 N–H and O–H groups in total. The van der Waals surface area contributed by atoms with Crippen molar-refractivity contribution in [2.75, 3.05) is 32.8 Å². The molecular formula is C24H28N2O3. The van der Waals surface area contributed by atoms with Crippen LogP contribution in [0.3, 0.4) is 0 Å². The van der Waals surface area contributed by atoms with E-state index in [4.69, 9.17) is 14.5 Å². The standard InChI is InChI=1S/C24H28N2O3/c1-2-28-23-9-5-6-10-24(23)29-14-13-26-16-19(22(27)17-26)15-20-12-11-18-7-3-4-8-21(18)25-20/h3-12,19,22,27H,2,13-17H2,1H3/t19-,22-/m1/s1. The van der Waals surface area contributed by atoms with Crippen molar-refractivity contribution >= 4 is 10.9 Å². The van der Waals surface area contributed by atoms with Crippen LogP contribution in [0.4, 0.5) is 0 Å². The molecule has 0 bridgehead atoms. The van der Waals surface area contributed by atoms with Crippen LogP contribution in [-0.4, -0.2) is 53.9 Å². The predicted octanol–water partition coefficient (Wildman–Crippen LogP) is 3.55. The Morgan fingerprint density at radius 1 is 0.966 bits per heavy atom. The van der Waals surface area contributed by atoms with Crippen LogP contribution >= 0.6 is 0 Å². The van der Waals surface area contributed by atoms with Crippen LogP contribution in [0, 0.1) is 5.92 Å². The molecule has 0 saturated carbocycles. The Hall–Kier alpha value is -2.63. The molecule has 2 atom stereocenters. The first-order valence-electron chi connectivity index (χ1n) is 10.3. The quantitative estimate of drug-likeness (QED) is 0.635. The van der Waals surface area contributed by atoms with Gasteiger partial charge in [-0.25, -0.2) is 0 Å². The van der Waals surface area contributed by atoms with Crippen LogP contribution in [0.25, 0.3) is 10.9 Å². The molecule has 5 heteroatoms. The van der Waals surface area contributed by atoms with E-state index >= 15 is 0 Å². The Labute approximate surface area is 171 Å². The van der Waals surface area contributed by atoms with Crippen LogP contribution in [0.1, 0.15) is 12.6 Å². The molecular weight excluding hydrogens is 364 g/mol. The number of hydrogen-bond donors (Lipinski definition) is 1. The maximum Gasteiger partial charge on any atom is 0.161 e. The third-order valence-corrected chi connectivity index (χ3v) is 5.42. The van der Waals surface area contributed by atoms with Gasteiger partial charge in [0.1, 0.15) is 6.61 Å². The topological polar surface area (TPSA) is 54.8 Å². The second kappa shape index (κ2) is 9.25. The fourth-order valence-corrected chi connectivity index (χ4v) is 3.94. The number of aromatic nitrogens is 1. The molecule has 3 aromatic rings. The van der Waals surface area contributed by atoms with Gasteiger partial charge >= 0.3 is 0 Å². The highest BCUT2D eigenvalue weighted by Crippen LogP contribution is 2.27. The van der Waals surface area contributed by atoms with Crippen molar-refractivity contribution in [3.8, 4) is 11.5 Å². The smallest absolute Gasteiger partial charge is 0.161 e. The number of β-amino-alcohol motifs (C(OH)–C–C–N with tert-alkyl or cyclic N) is 1. The van der Waals surface area contributed by atoms with Crippen LogP contribution in [0.5, 0.6) is 11.5 Å². The molecule has 2 aromatic carbocycles. The van der Waals surface area contributed by atoms with E-state index in [1.54, 1.807) is 0 Å². The zero-order valence-electron chi connectivity index (χ0n) is 16.8. The van der Waals surface area contributed by atoms with Crippen molar-refractivity contribution < 1.29 is 14.6 Å². The van der Waals surface area contributed by atoms with Gasteiger partial charge in [-0.05, 0) is 37.6 Å². The molecule has 0 unspecified atom stereocenters. The van der Waals surface area contributed by atoms with Gasteiger partial charge < -0.3 is 14.6 Å². The van der Waals surface area contributed by atoms with Crippen molar-refractivity contribution in [2.45, 2.75) is 19.4 Å². The summed E-state index contributed by atoms with van der Waals surface area (Å²) in [7, 11) is 0. The van der Waals surface area contributed by atoms with Crippen LogP contribution in [0.2, 0.25) is 0 Å². The van der Waals surface area contributed by atoms with Crippen LogP contribution in [0.15, 0.2) is 60.7 Å². The second-order valence-electron chi connectivity index (χ2n) is 7.51. The molecule has 4 rings (SSSR count). The van der Waals surface area contributed by atoms with Gasteiger partial charge in [-0.1, -0.05) is 36.4 Å². The zero-order chi connectivity index (χ0) is 20.1. The minimum Gasteiger partial charge on any atom is -0.490 e. The van der Waals surface area contributed by atoms with E-state index in [2.05, 4.69) is 23.1 Å². The Morgan fingerprint density at radius 2 is 1.72 bits per heavy atom. The maximum absolute atomic E-state index is 10.5. The molecule has 1 fully saturated rings. The molecule has 1 aliphatic heterocycles. The molecule has 1 aromatic heterocycles. The van der Waals surface area contributed by atoms with Crippen molar-refractivity contribution in [3.05, 3.63) is 66.4 Å². The highest BCUT2D eigenvalue weighted by Gasteiger charge is 2.31. The normalized spacial score (nSPS) is 19.5. The van der Waals surface area contributed by atoms with E-state index in [1.165, 1.54) is 0 Å². The van der Waals surface area contributed by atoms with E-state index in [-0.39, 0.29) is 12.0 Å². The summed E-state index contributed by atoms with van der Waals surface area (Å²) >= 11 is 0. The predicted molar refractivity (Wildman–Crippen MR) is 114 cm³/mol. The molecule has 0 aliphatic carbocycles. The molecule has 2 heterocycles. The summed E-state index contributed by atoms with van der Waals surface area (Å²) in [6.45, 7) is 5.45. The lowest BCUT2D eigenvalue weighted by Crippen LogP contribution is -2.27. The molecule has 0 radical (unpaired) electrons. The Bertz CT molecular complexity index is 946. The summed E-state index contributed by atoms with van der Waals surface area (Å²) in [6, 6.07) is 20.1. The summed E-state index contributed by atoms with van der Waals surface area (Å²) in [4.78, 5) is 7.02. The van der Waals surface area contributed by atoms with Gasteiger partial charge in [-0.3, -0.25) is 9.88 Å². The summed E-state index contributed by atoms with van der Waals surface area (Å²) < 4.78 is 11.5. The van der Waals surface area contributed by atoms with Gasteiger partial charge in [0, 0.05) is 36.6 Å². The average molecular weight is 392 g/mol. The van der Waals surface area contributed by atoms with Crippen molar-refractivity contribution in [1.82, 2.24) is 9.88 Å². The lowest BCUT2D eigenvalue weighted by atomic mass is 9.99. The van der Waals surface area contributed by atoms with E-state index in [9.17, 15) is 5.11 Å². The second-order valence-corrected chi connectivity index (χ2v) is 7.51. The van der Waals surface area contributed by atoms with E-state index in [1.807, 2.05) is 49.4 Å². The van der Waals surface area contributed by atoms with Crippen LogP contribution in [-0.2, 0) is 6.42 Å². The Kier molecular flexibility index (Phi) is 6.27. The first-order chi connectivity index (χ1) is 14.2. The number of nitrogens with zero attached hydrogens (tertiary/aromatic N) is 2. The van der Waals surface area contributed by atoms with Gasteiger partial charge in [-0.15, -0.1) is 0 Å². The van der Waals surface area contributed by atoms with Crippen LogP contribution < -0.4 is 9.47 Å². The van der Waals surface area contributed by atoms with Crippen molar-refractivity contribution in [3.63, 3.8) is 0 Å². The molecule has 1 aliphatic rings. The Balaban J connectivity index is 1.30. The lowest BCUT2D eigenvalue weighted by Gasteiger charge is -2.17. The van der Waals surface area contributed by atoms with Gasteiger partial charge in [-0.2, -0.15) is 0 Å². The highest BCUT2D eigenvalue weighted by atomic mass is 16.5. The average Bonchev–Trinajstić information content (AvgIpc) is 3.08. The first kappa shape index (κ1) is 19.7. The van der Waals surface area contributed by atoms with Crippen molar-refractivity contribution in [1.29, 1.82) is 0 Å². The molecule has 1 saturated heterocycles. The minimum absolute atomic E-state index is 0.194. The number of likely N-dealkylation sites (tertiary alicyclic amines) is 1. The summed E-state index contributed by atoms with van der Waals surface area (Å²) in [6.07, 6.45) is 0.454. The summed E-state index contributed by atoms with van der Waals surface area (Å²) in [5, 5.41) is 11.7. The largest absolute Gasteiger partial charge is 0.490 e. The van der Waals surface area contributed by atoms with E-state index in [0.29, 0.717) is 19.8 Å². The Morgan fingerprint density at radius 3 is 2.55 bits per heavy atom. The SMILES string of the molecule is CCOc1ccccc1OCCN1C[C@@H](Cc2ccc3ccccc3n2)[C@H](O)C1. The zero-order valence-corrected chi connectivity index (χ0v) is 16.8. The molecule has 152 valence electrons. The van der Waals surface area contributed by atoms with Gasteiger partial charge in [0.25, 0.3) is 0 Å². The third-order valence-electron chi connectivity index (χ3n) is 5.42. The number of rotatable bonds is 8. The number of benzene rings is 2. The number of pyridine rings is 1. The third kappa shape index (κ3) is 4.86.